The van der Waals surface area contributed by atoms with Crippen molar-refractivity contribution in [3.63, 3.8) is 0 Å². The molecule has 0 saturated carbocycles. The molecule has 2 heterocycles. The molecule has 1 saturated heterocycles. The van der Waals surface area contributed by atoms with Crippen molar-refractivity contribution in [3.05, 3.63) is 22.7 Å². The summed E-state index contributed by atoms with van der Waals surface area (Å²) in [6.07, 6.45) is 0.193. The first kappa shape index (κ1) is 33.4. The Morgan fingerprint density at radius 2 is 1.95 bits per heavy atom. The van der Waals surface area contributed by atoms with Crippen molar-refractivity contribution < 1.29 is 32.7 Å². The molecule has 13 nitrogen and oxygen atoms in total. The van der Waals surface area contributed by atoms with Crippen LogP contribution in [-0.4, -0.2) is 63.9 Å². The Balaban J connectivity index is 2.15. The van der Waals surface area contributed by atoms with Gasteiger partial charge in [-0.05, 0) is 33.3 Å². The number of anilines is 1. The Kier molecular flexibility index (Phi) is 12.2. The molecule has 1 aliphatic heterocycles. The van der Waals surface area contributed by atoms with E-state index >= 15 is 0 Å². The van der Waals surface area contributed by atoms with Gasteiger partial charge in [-0.2, -0.15) is 4.98 Å². The smallest absolute Gasteiger partial charge is 0.406 e. The lowest BCUT2D eigenvalue weighted by Gasteiger charge is -2.25. The molecular weight excluding hydrogens is 549 g/mol. The maximum atomic E-state index is 13.7. The van der Waals surface area contributed by atoms with Gasteiger partial charge < -0.3 is 20.9 Å². The number of thioether (sulfide) groups is 1. The fourth-order valence-electron chi connectivity index (χ4n) is 3.81. The van der Waals surface area contributed by atoms with Crippen LogP contribution in [0.15, 0.2) is 17.1 Å². The molecule has 0 spiro atoms. The van der Waals surface area contributed by atoms with Crippen molar-refractivity contribution in [2.24, 2.45) is 17.1 Å². The number of carbonyl (C=O) groups is 2. The maximum Gasteiger partial charge on any atom is 0.406 e. The van der Waals surface area contributed by atoms with Crippen molar-refractivity contribution >= 4 is 36.4 Å². The number of nitrogens with one attached hydrogen (secondary N) is 1. The number of nitrogens with zero attached hydrogens (tertiary/aromatic N) is 2. The standard InChI is InChI=1S/C24H42N5O8PS/c1-8-16-17(37-20(19(16)26)29-10-9-18(25)27-23(29)32)13-35-38(33,28-15(4)21(30)36-14(2)3)34-11-12-39-22(31)24(5,6)7/h9-10,14-17,19-20H,8,11-13,26H2,1-7H3,(H,28,33)(H2,25,27,32)/t15-,16+,17+,19+,20+,38?/m0/s1. The number of hydrogen-bond acceptors (Lipinski definition) is 12. The molecule has 0 radical (unpaired) electrons. The topological polar surface area (TPSA) is 187 Å². The molecule has 15 heteroatoms. The highest BCUT2D eigenvalue weighted by Crippen LogP contribution is 2.46. The van der Waals surface area contributed by atoms with Crippen LogP contribution in [0.5, 0.6) is 0 Å². The van der Waals surface area contributed by atoms with Crippen LogP contribution < -0.4 is 22.2 Å². The Morgan fingerprint density at radius 1 is 1.28 bits per heavy atom. The number of hydrogen-bond donors (Lipinski definition) is 3. The lowest BCUT2D eigenvalue weighted by molar-refractivity contribution is -0.149. The van der Waals surface area contributed by atoms with Crippen LogP contribution in [0, 0.1) is 11.3 Å². The maximum absolute atomic E-state index is 13.7. The van der Waals surface area contributed by atoms with Gasteiger partial charge in [-0.1, -0.05) is 39.5 Å². The number of ether oxygens (including phenoxy) is 2. The van der Waals surface area contributed by atoms with Crippen LogP contribution in [0.25, 0.3) is 0 Å². The van der Waals surface area contributed by atoms with Gasteiger partial charge in [-0.25, -0.2) is 14.4 Å². The Hall–Kier alpha value is -1.80. The van der Waals surface area contributed by atoms with Crippen LogP contribution in [0.4, 0.5) is 5.82 Å². The molecule has 1 unspecified atom stereocenters. The van der Waals surface area contributed by atoms with Crippen molar-refractivity contribution in [2.75, 3.05) is 24.7 Å². The molecule has 0 amide bonds. The van der Waals surface area contributed by atoms with E-state index < -0.39 is 49.2 Å². The van der Waals surface area contributed by atoms with E-state index in [2.05, 4.69) is 10.1 Å². The average molecular weight is 592 g/mol. The largest absolute Gasteiger partial charge is 0.462 e. The first-order chi connectivity index (χ1) is 18.1. The van der Waals surface area contributed by atoms with Crippen LogP contribution in [0.1, 0.15) is 61.1 Å². The molecule has 1 aliphatic rings. The predicted octanol–water partition coefficient (Wildman–Crippen LogP) is 2.45. The first-order valence-corrected chi connectivity index (χ1v) is 15.4. The van der Waals surface area contributed by atoms with Gasteiger partial charge in [0, 0.05) is 23.3 Å². The summed E-state index contributed by atoms with van der Waals surface area (Å²) in [5.41, 5.74) is 10.9. The minimum absolute atomic E-state index is 0.0405. The normalized spacial score (nSPS) is 23.9. The summed E-state index contributed by atoms with van der Waals surface area (Å²) in [5.74, 6) is -0.578. The second-order valence-corrected chi connectivity index (χ2v) is 13.4. The molecule has 1 fully saturated rings. The Morgan fingerprint density at radius 3 is 2.51 bits per heavy atom. The highest BCUT2D eigenvalue weighted by atomic mass is 32.2. The van der Waals surface area contributed by atoms with Gasteiger partial charge in [0.15, 0.2) is 11.3 Å². The molecule has 0 aromatic carbocycles. The van der Waals surface area contributed by atoms with Gasteiger partial charge in [-0.15, -0.1) is 0 Å². The summed E-state index contributed by atoms with van der Waals surface area (Å²) in [6, 6.07) is -0.128. The number of rotatable bonds is 13. The summed E-state index contributed by atoms with van der Waals surface area (Å²) in [6.45, 7) is 11.9. The number of nitrogens with two attached hydrogens (primary N) is 2. The summed E-state index contributed by atoms with van der Waals surface area (Å²) < 4.78 is 37.6. The molecule has 1 aromatic heterocycles. The summed E-state index contributed by atoms with van der Waals surface area (Å²) in [5, 5.41) is 2.58. The SMILES string of the molecule is CC[C@H]1[C@@H](N)[C@H](n2ccc(N)nc2=O)O[C@@H]1COP(=O)(N[C@@H](C)C(=O)OC(C)C)OCCSC(=O)C(C)(C)C. The molecule has 39 heavy (non-hydrogen) atoms. The fourth-order valence-corrected chi connectivity index (χ4v) is 6.20. The number of esters is 1. The highest BCUT2D eigenvalue weighted by molar-refractivity contribution is 8.13. The minimum Gasteiger partial charge on any atom is -0.462 e. The van der Waals surface area contributed by atoms with Gasteiger partial charge in [-0.3, -0.25) is 23.2 Å². The number of aromatic nitrogens is 2. The van der Waals surface area contributed by atoms with Gasteiger partial charge in [0.25, 0.3) is 0 Å². The third-order valence-electron chi connectivity index (χ3n) is 5.87. The first-order valence-electron chi connectivity index (χ1n) is 12.9. The molecule has 0 aliphatic carbocycles. The van der Waals surface area contributed by atoms with Crippen LogP contribution in [0.2, 0.25) is 0 Å². The van der Waals surface area contributed by atoms with E-state index in [0.29, 0.717) is 6.42 Å². The van der Waals surface area contributed by atoms with Crippen LogP contribution in [-0.2, 0) is 32.7 Å². The quantitative estimate of drug-likeness (QED) is 0.173. The zero-order valence-corrected chi connectivity index (χ0v) is 25.3. The number of carbonyl (C=O) groups excluding carboxylic acids is 2. The summed E-state index contributed by atoms with van der Waals surface area (Å²) >= 11 is 1.06. The van der Waals surface area contributed by atoms with Gasteiger partial charge in [0.2, 0.25) is 0 Å². The van der Waals surface area contributed by atoms with Crippen molar-refractivity contribution in [2.45, 2.75) is 85.4 Å². The zero-order valence-electron chi connectivity index (χ0n) is 23.6. The molecule has 222 valence electrons. The average Bonchev–Trinajstić information content (AvgIpc) is 3.14. The van der Waals surface area contributed by atoms with E-state index in [9.17, 15) is 18.9 Å². The van der Waals surface area contributed by atoms with E-state index in [0.717, 1.165) is 11.8 Å². The van der Waals surface area contributed by atoms with Gasteiger partial charge >= 0.3 is 19.4 Å². The third kappa shape index (κ3) is 9.66. The van der Waals surface area contributed by atoms with Crippen molar-refractivity contribution in [1.82, 2.24) is 14.6 Å². The van der Waals surface area contributed by atoms with Crippen molar-refractivity contribution in [3.8, 4) is 0 Å². The third-order valence-corrected chi connectivity index (χ3v) is 8.83. The molecule has 6 atom stereocenters. The molecule has 0 bridgehead atoms. The number of nitrogen functional groups attached to an aromatic ring is 1. The van der Waals surface area contributed by atoms with E-state index in [1.807, 2.05) is 6.92 Å². The summed E-state index contributed by atoms with van der Waals surface area (Å²) in [4.78, 5) is 40.7. The lowest BCUT2D eigenvalue weighted by Crippen LogP contribution is -2.39. The van der Waals surface area contributed by atoms with E-state index in [4.69, 9.17) is 30.0 Å². The van der Waals surface area contributed by atoms with Gasteiger partial charge in [0.05, 0.1) is 31.5 Å². The Bertz CT molecular complexity index is 1100. The van der Waals surface area contributed by atoms with Crippen LogP contribution >= 0.6 is 19.5 Å². The van der Waals surface area contributed by atoms with Crippen LogP contribution in [0.3, 0.4) is 0 Å². The van der Waals surface area contributed by atoms with E-state index in [-0.39, 0.29) is 41.9 Å². The summed E-state index contributed by atoms with van der Waals surface area (Å²) in [7, 11) is -4.08. The Labute approximate surface area is 233 Å². The highest BCUT2D eigenvalue weighted by Gasteiger charge is 2.44. The monoisotopic (exact) mass is 591 g/mol. The lowest BCUT2D eigenvalue weighted by atomic mass is 9.94. The van der Waals surface area contributed by atoms with Gasteiger partial charge in [0.1, 0.15) is 11.9 Å². The zero-order chi connectivity index (χ0) is 29.5. The molecular formula is C24H42N5O8PS. The second kappa shape index (κ2) is 14.2. The van der Waals surface area contributed by atoms with E-state index in [1.54, 1.807) is 34.6 Å². The predicted molar refractivity (Wildman–Crippen MR) is 149 cm³/mol. The fraction of sp³-hybridized carbons (Fsp3) is 0.750. The molecule has 2 rings (SSSR count). The van der Waals surface area contributed by atoms with E-state index in [1.165, 1.54) is 23.8 Å². The van der Waals surface area contributed by atoms with Crippen molar-refractivity contribution in [1.29, 1.82) is 0 Å². The minimum atomic E-state index is -4.08. The molecule has 5 N–H and O–H groups in total. The second-order valence-electron chi connectivity index (χ2n) is 10.6. The molecule has 1 aromatic rings.